The van der Waals surface area contributed by atoms with Crippen LogP contribution in [-0.4, -0.2) is 15.8 Å². The summed E-state index contributed by atoms with van der Waals surface area (Å²) in [7, 11) is 0. The zero-order valence-corrected chi connectivity index (χ0v) is 10.6. The van der Waals surface area contributed by atoms with Gasteiger partial charge in [-0.1, -0.05) is 36.4 Å². The molecule has 0 saturated heterocycles. The highest BCUT2D eigenvalue weighted by Crippen LogP contribution is 2.28. The van der Waals surface area contributed by atoms with Gasteiger partial charge in [0.2, 0.25) is 0 Å². The van der Waals surface area contributed by atoms with E-state index >= 15 is 0 Å². The van der Waals surface area contributed by atoms with Gasteiger partial charge in [0.05, 0.1) is 0 Å². The van der Waals surface area contributed by atoms with Crippen molar-refractivity contribution >= 4 is 16.6 Å². The number of hydrogen-bond donors (Lipinski definition) is 2. The first-order valence-electron chi connectivity index (χ1n) is 6.07. The van der Waals surface area contributed by atoms with E-state index in [0.717, 1.165) is 10.8 Å². The highest BCUT2D eigenvalue weighted by atomic mass is 16.5. The summed E-state index contributed by atoms with van der Waals surface area (Å²) in [5, 5.41) is 9.43. The number of ether oxygens (including phenoxy) is 1. The van der Waals surface area contributed by atoms with Gasteiger partial charge in [0.1, 0.15) is 17.3 Å². The number of amidine groups is 1. The van der Waals surface area contributed by atoms with Gasteiger partial charge in [-0.05, 0) is 17.5 Å². The molecule has 1 aromatic heterocycles. The van der Waals surface area contributed by atoms with Crippen molar-refractivity contribution in [1.29, 1.82) is 5.41 Å². The van der Waals surface area contributed by atoms with Crippen LogP contribution in [0.3, 0.4) is 0 Å². The molecule has 3 rings (SSSR count). The molecule has 3 aromatic rings. The van der Waals surface area contributed by atoms with E-state index in [1.165, 1.54) is 6.20 Å². The summed E-state index contributed by atoms with van der Waals surface area (Å²) in [5.74, 6) is 0.555. The van der Waals surface area contributed by atoms with Gasteiger partial charge in [0.15, 0.2) is 0 Å². The summed E-state index contributed by atoms with van der Waals surface area (Å²) in [6, 6.07) is 15.4. The van der Waals surface area contributed by atoms with Gasteiger partial charge in [-0.2, -0.15) is 4.98 Å². The second kappa shape index (κ2) is 4.97. The Morgan fingerprint density at radius 2 is 1.85 bits per heavy atom. The molecule has 5 nitrogen and oxygen atoms in total. The molecule has 0 spiro atoms. The Morgan fingerprint density at radius 1 is 1.05 bits per heavy atom. The van der Waals surface area contributed by atoms with Gasteiger partial charge >= 0.3 is 6.01 Å². The van der Waals surface area contributed by atoms with E-state index in [1.807, 2.05) is 42.5 Å². The van der Waals surface area contributed by atoms with Crippen LogP contribution in [0.2, 0.25) is 0 Å². The number of rotatable bonds is 3. The Kier molecular flexibility index (Phi) is 3.01. The molecule has 0 aliphatic carbocycles. The van der Waals surface area contributed by atoms with E-state index in [9.17, 15) is 0 Å². The Morgan fingerprint density at radius 3 is 2.70 bits per heavy atom. The SMILES string of the molecule is N=C(N)c1ccnc(Oc2cccc3ccccc23)n1. The average molecular weight is 264 g/mol. The first-order valence-corrected chi connectivity index (χ1v) is 6.07. The molecular formula is C15H12N4O. The second-order valence-electron chi connectivity index (χ2n) is 4.22. The number of aromatic nitrogens is 2. The van der Waals surface area contributed by atoms with E-state index in [1.54, 1.807) is 6.07 Å². The Bertz CT molecular complexity index is 780. The number of fused-ring (bicyclic) bond motifs is 1. The van der Waals surface area contributed by atoms with Crippen LogP contribution in [-0.2, 0) is 0 Å². The van der Waals surface area contributed by atoms with E-state index in [4.69, 9.17) is 15.9 Å². The van der Waals surface area contributed by atoms with Gasteiger partial charge < -0.3 is 10.5 Å². The average Bonchev–Trinajstić information content (AvgIpc) is 2.48. The summed E-state index contributed by atoms with van der Waals surface area (Å²) < 4.78 is 5.71. The Hall–Kier alpha value is -2.95. The van der Waals surface area contributed by atoms with Crippen LogP contribution in [0.5, 0.6) is 11.8 Å². The summed E-state index contributed by atoms with van der Waals surface area (Å²) in [5.41, 5.74) is 5.75. The Labute approximate surface area is 115 Å². The fourth-order valence-electron chi connectivity index (χ4n) is 1.92. The molecule has 3 N–H and O–H groups in total. The number of nitrogen functional groups attached to an aromatic ring is 1. The van der Waals surface area contributed by atoms with Crippen LogP contribution in [0.1, 0.15) is 5.69 Å². The number of benzene rings is 2. The molecule has 0 fully saturated rings. The van der Waals surface area contributed by atoms with Gasteiger partial charge in [-0.25, -0.2) is 4.98 Å². The molecule has 1 heterocycles. The minimum Gasteiger partial charge on any atom is -0.424 e. The molecule has 0 radical (unpaired) electrons. The lowest BCUT2D eigenvalue weighted by Crippen LogP contribution is -2.13. The van der Waals surface area contributed by atoms with Crippen molar-refractivity contribution in [2.75, 3.05) is 0 Å². The van der Waals surface area contributed by atoms with Crippen LogP contribution in [0, 0.1) is 5.41 Å². The fourth-order valence-corrected chi connectivity index (χ4v) is 1.92. The lowest BCUT2D eigenvalue weighted by atomic mass is 10.1. The quantitative estimate of drug-likeness (QED) is 0.562. The number of nitrogens with two attached hydrogens (primary N) is 1. The van der Waals surface area contributed by atoms with Crippen molar-refractivity contribution in [1.82, 2.24) is 9.97 Å². The van der Waals surface area contributed by atoms with Crippen LogP contribution < -0.4 is 10.5 Å². The minimum atomic E-state index is -0.116. The van der Waals surface area contributed by atoms with E-state index < -0.39 is 0 Å². The van der Waals surface area contributed by atoms with Gasteiger partial charge in [0, 0.05) is 11.6 Å². The fraction of sp³-hybridized carbons (Fsp3) is 0. The van der Waals surface area contributed by atoms with Crippen molar-refractivity contribution < 1.29 is 4.74 Å². The number of hydrogen-bond acceptors (Lipinski definition) is 4. The summed E-state index contributed by atoms with van der Waals surface area (Å²) >= 11 is 0. The lowest BCUT2D eigenvalue weighted by molar-refractivity contribution is 0.446. The van der Waals surface area contributed by atoms with Crippen molar-refractivity contribution in [3.05, 3.63) is 60.4 Å². The van der Waals surface area contributed by atoms with E-state index in [-0.39, 0.29) is 11.8 Å². The highest BCUT2D eigenvalue weighted by Gasteiger charge is 2.06. The smallest absolute Gasteiger partial charge is 0.322 e. The zero-order chi connectivity index (χ0) is 13.9. The zero-order valence-electron chi connectivity index (χ0n) is 10.6. The lowest BCUT2D eigenvalue weighted by Gasteiger charge is -2.07. The van der Waals surface area contributed by atoms with Crippen molar-refractivity contribution in [2.45, 2.75) is 0 Å². The predicted molar refractivity (Wildman–Crippen MR) is 77.1 cm³/mol. The number of nitrogens with zero attached hydrogens (tertiary/aromatic N) is 2. The van der Waals surface area contributed by atoms with Crippen LogP contribution in [0.4, 0.5) is 0 Å². The Balaban J connectivity index is 2.01. The molecule has 0 aliphatic rings. The maximum absolute atomic E-state index is 7.37. The van der Waals surface area contributed by atoms with Gasteiger partial charge in [0.25, 0.3) is 0 Å². The van der Waals surface area contributed by atoms with E-state index in [0.29, 0.717) is 11.4 Å². The third-order valence-corrected chi connectivity index (χ3v) is 2.86. The number of nitrogens with one attached hydrogen (secondary N) is 1. The second-order valence-corrected chi connectivity index (χ2v) is 4.22. The normalized spacial score (nSPS) is 10.4. The van der Waals surface area contributed by atoms with Crippen LogP contribution in [0.15, 0.2) is 54.7 Å². The summed E-state index contributed by atoms with van der Waals surface area (Å²) in [6.07, 6.45) is 1.52. The molecular weight excluding hydrogens is 252 g/mol. The molecule has 98 valence electrons. The maximum atomic E-state index is 7.37. The standard InChI is InChI=1S/C15H12N4O/c16-14(17)12-8-9-18-15(19-12)20-13-7-3-5-10-4-1-2-6-11(10)13/h1-9H,(H3,16,17). The third-order valence-electron chi connectivity index (χ3n) is 2.86. The summed E-state index contributed by atoms with van der Waals surface area (Å²) in [4.78, 5) is 8.13. The molecule has 0 unspecified atom stereocenters. The van der Waals surface area contributed by atoms with Crippen LogP contribution in [0.25, 0.3) is 10.8 Å². The maximum Gasteiger partial charge on any atom is 0.322 e. The molecule has 2 aromatic carbocycles. The molecule has 0 bridgehead atoms. The first-order chi connectivity index (χ1) is 9.74. The first kappa shape index (κ1) is 12.1. The minimum absolute atomic E-state index is 0.116. The van der Waals surface area contributed by atoms with Gasteiger partial charge in [-0.3, -0.25) is 5.41 Å². The molecule has 0 saturated carbocycles. The third kappa shape index (κ3) is 2.29. The molecule has 0 amide bonds. The largest absolute Gasteiger partial charge is 0.424 e. The van der Waals surface area contributed by atoms with Gasteiger partial charge in [-0.15, -0.1) is 0 Å². The predicted octanol–water partition coefficient (Wildman–Crippen LogP) is 2.71. The topological polar surface area (TPSA) is 84.9 Å². The summed E-state index contributed by atoms with van der Waals surface area (Å²) in [6.45, 7) is 0. The van der Waals surface area contributed by atoms with Crippen LogP contribution >= 0.6 is 0 Å². The van der Waals surface area contributed by atoms with Crippen molar-refractivity contribution in [3.8, 4) is 11.8 Å². The monoisotopic (exact) mass is 264 g/mol. The molecule has 5 heteroatoms. The van der Waals surface area contributed by atoms with E-state index in [2.05, 4.69) is 9.97 Å². The highest BCUT2D eigenvalue weighted by molar-refractivity contribution is 5.93. The van der Waals surface area contributed by atoms with Crippen molar-refractivity contribution in [2.24, 2.45) is 5.73 Å². The molecule has 20 heavy (non-hydrogen) atoms. The molecule has 0 aliphatic heterocycles. The van der Waals surface area contributed by atoms with Crippen molar-refractivity contribution in [3.63, 3.8) is 0 Å². The molecule has 0 atom stereocenters.